The summed E-state index contributed by atoms with van der Waals surface area (Å²) in [6.45, 7) is 0. The van der Waals surface area contributed by atoms with Gasteiger partial charge in [0.05, 0.1) is 7.11 Å². The van der Waals surface area contributed by atoms with E-state index in [-0.39, 0.29) is 24.2 Å². The van der Waals surface area contributed by atoms with Crippen LogP contribution >= 0.6 is 0 Å². The van der Waals surface area contributed by atoms with Crippen LogP contribution in [0, 0.1) is 0 Å². The summed E-state index contributed by atoms with van der Waals surface area (Å²) in [5.74, 6) is -2.13. The molecule has 0 aliphatic carbocycles. The van der Waals surface area contributed by atoms with E-state index in [1.54, 1.807) is 12.1 Å². The molecule has 1 aromatic rings. The number of hydrogen-bond acceptors (Lipinski definition) is 4. The minimum atomic E-state index is -1.69. The van der Waals surface area contributed by atoms with Crippen LogP contribution in [0.2, 0.25) is 0 Å². The second kappa shape index (κ2) is 6.02. The average Bonchev–Trinajstić information content (AvgIpc) is 2.34. The fourth-order valence-electron chi connectivity index (χ4n) is 1.64. The van der Waals surface area contributed by atoms with Gasteiger partial charge in [-0.25, -0.2) is 4.79 Å². The van der Waals surface area contributed by atoms with Crippen LogP contribution in [-0.4, -0.2) is 34.4 Å². The van der Waals surface area contributed by atoms with E-state index in [1.807, 2.05) is 0 Å². The molecule has 1 unspecified atom stereocenters. The van der Waals surface area contributed by atoms with Crippen molar-refractivity contribution < 1.29 is 29.6 Å². The Hall–Kier alpha value is -2.08. The Balaban J connectivity index is 3.09. The van der Waals surface area contributed by atoms with E-state index in [2.05, 4.69) is 0 Å². The molecule has 98 valence electrons. The number of carboxylic acid groups (broad SMARTS) is 2. The molecular formula is C12H14O6. The number of aryl methyl sites for hydroxylation is 1. The van der Waals surface area contributed by atoms with E-state index in [0.29, 0.717) is 5.56 Å². The van der Waals surface area contributed by atoms with Crippen LogP contribution in [0.15, 0.2) is 18.2 Å². The van der Waals surface area contributed by atoms with Crippen LogP contribution in [-0.2, 0) is 16.0 Å². The molecule has 0 fully saturated rings. The molecule has 1 rings (SSSR count). The Morgan fingerprint density at radius 2 is 2.00 bits per heavy atom. The number of rotatable bonds is 6. The summed E-state index contributed by atoms with van der Waals surface area (Å²) in [7, 11) is 1.34. The molecule has 0 aliphatic heterocycles. The second-order valence-corrected chi connectivity index (χ2v) is 3.67. The molecule has 0 amide bonds. The van der Waals surface area contributed by atoms with E-state index < -0.39 is 18.0 Å². The van der Waals surface area contributed by atoms with Gasteiger partial charge in [-0.2, -0.15) is 0 Å². The second-order valence-electron chi connectivity index (χ2n) is 3.67. The quantitative estimate of drug-likeness (QED) is 0.694. The first-order chi connectivity index (χ1) is 8.47. The van der Waals surface area contributed by atoms with Crippen molar-refractivity contribution in [3.63, 3.8) is 0 Å². The highest BCUT2D eigenvalue weighted by atomic mass is 16.5. The van der Waals surface area contributed by atoms with Gasteiger partial charge in [-0.05, 0) is 12.0 Å². The first-order valence-electron chi connectivity index (χ1n) is 5.25. The van der Waals surface area contributed by atoms with Crippen LogP contribution in [0.4, 0.5) is 0 Å². The molecule has 6 heteroatoms. The number of aliphatic hydroxyl groups is 1. The van der Waals surface area contributed by atoms with Crippen molar-refractivity contribution in [2.45, 2.75) is 18.9 Å². The summed E-state index contributed by atoms with van der Waals surface area (Å²) in [6.07, 6.45) is -1.58. The van der Waals surface area contributed by atoms with Gasteiger partial charge in [0, 0.05) is 12.0 Å². The van der Waals surface area contributed by atoms with Crippen LogP contribution in [0.5, 0.6) is 5.75 Å². The van der Waals surface area contributed by atoms with Gasteiger partial charge in [-0.3, -0.25) is 4.79 Å². The summed E-state index contributed by atoms with van der Waals surface area (Å²) in [5, 5.41) is 26.9. The molecule has 0 heterocycles. The molecule has 0 spiro atoms. The molecule has 1 aromatic carbocycles. The third-order valence-electron chi connectivity index (χ3n) is 2.47. The van der Waals surface area contributed by atoms with Gasteiger partial charge >= 0.3 is 11.9 Å². The van der Waals surface area contributed by atoms with Gasteiger partial charge in [-0.15, -0.1) is 0 Å². The monoisotopic (exact) mass is 254 g/mol. The van der Waals surface area contributed by atoms with Crippen molar-refractivity contribution in [3.8, 4) is 5.75 Å². The molecule has 6 nitrogen and oxygen atoms in total. The number of methoxy groups -OCH3 is 1. The van der Waals surface area contributed by atoms with E-state index in [1.165, 1.54) is 13.2 Å². The number of carboxylic acids is 2. The van der Waals surface area contributed by atoms with Gasteiger partial charge in [-0.1, -0.05) is 18.2 Å². The predicted molar refractivity (Wildman–Crippen MR) is 61.5 cm³/mol. The van der Waals surface area contributed by atoms with Gasteiger partial charge < -0.3 is 20.1 Å². The summed E-state index contributed by atoms with van der Waals surface area (Å²) < 4.78 is 5.06. The van der Waals surface area contributed by atoms with E-state index in [9.17, 15) is 14.7 Å². The first-order valence-corrected chi connectivity index (χ1v) is 5.25. The fraction of sp³-hybridized carbons (Fsp3) is 0.333. The SMILES string of the molecule is COc1c(CCC(=O)O)cccc1C(O)C(=O)O. The molecule has 0 bridgehead atoms. The number of aliphatic carboxylic acids is 2. The number of benzene rings is 1. The van der Waals surface area contributed by atoms with Gasteiger partial charge in [0.1, 0.15) is 5.75 Å². The minimum absolute atomic E-state index is 0.0943. The number of ether oxygens (including phenoxy) is 1. The number of hydrogen-bond donors (Lipinski definition) is 3. The van der Waals surface area contributed by atoms with E-state index in [0.717, 1.165) is 0 Å². The fourth-order valence-corrected chi connectivity index (χ4v) is 1.64. The normalized spacial score (nSPS) is 11.9. The van der Waals surface area contributed by atoms with Crippen molar-refractivity contribution >= 4 is 11.9 Å². The highest BCUT2D eigenvalue weighted by Gasteiger charge is 2.22. The maximum Gasteiger partial charge on any atom is 0.337 e. The van der Waals surface area contributed by atoms with Crippen molar-refractivity contribution in [1.82, 2.24) is 0 Å². The molecule has 0 saturated heterocycles. The lowest BCUT2D eigenvalue weighted by molar-refractivity contribution is -0.147. The Bertz CT molecular complexity index is 454. The third kappa shape index (κ3) is 3.21. The lowest BCUT2D eigenvalue weighted by Gasteiger charge is -2.15. The van der Waals surface area contributed by atoms with Gasteiger partial charge in [0.15, 0.2) is 6.10 Å². The van der Waals surface area contributed by atoms with Crippen molar-refractivity contribution in [1.29, 1.82) is 0 Å². The molecule has 0 saturated carbocycles. The number of para-hydroxylation sites is 1. The Kier molecular flexibility index (Phi) is 4.67. The topological polar surface area (TPSA) is 104 Å². The maximum atomic E-state index is 10.7. The zero-order valence-corrected chi connectivity index (χ0v) is 9.79. The zero-order chi connectivity index (χ0) is 13.7. The molecule has 0 aromatic heterocycles. The Labute approximate surface area is 103 Å². The molecule has 1 atom stereocenters. The first kappa shape index (κ1) is 14.0. The molecule has 0 radical (unpaired) electrons. The Morgan fingerprint density at radius 1 is 1.33 bits per heavy atom. The van der Waals surface area contributed by atoms with E-state index >= 15 is 0 Å². The molecule has 0 aliphatic rings. The lowest BCUT2D eigenvalue weighted by Crippen LogP contribution is -2.12. The lowest BCUT2D eigenvalue weighted by atomic mass is 10.0. The highest BCUT2D eigenvalue weighted by molar-refractivity contribution is 5.75. The summed E-state index contributed by atoms with van der Waals surface area (Å²) in [6, 6.07) is 4.63. The molecule has 3 N–H and O–H groups in total. The standard InChI is InChI=1S/C12H14O6/c1-18-11-7(5-6-9(13)14)3-2-4-8(11)10(15)12(16)17/h2-4,10,15H,5-6H2,1H3,(H,13,14)(H,16,17). The highest BCUT2D eigenvalue weighted by Crippen LogP contribution is 2.30. The van der Waals surface area contributed by atoms with Crippen molar-refractivity contribution in [3.05, 3.63) is 29.3 Å². The minimum Gasteiger partial charge on any atom is -0.496 e. The largest absolute Gasteiger partial charge is 0.496 e. The van der Waals surface area contributed by atoms with Crippen LogP contribution in [0.1, 0.15) is 23.7 Å². The summed E-state index contributed by atoms with van der Waals surface area (Å²) in [5.41, 5.74) is 0.672. The van der Waals surface area contributed by atoms with E-state index in [4.69, 9.17) is 14.9 Å². The summed E-state index contributed by atoms with van der Waals surface area (Å²) in [4.78, 5) is 21.3. The third-order valence-corrected chi connectivity index (χ3v) is 2.47. The van der Waals surface area contributed by atoms with Crippen molar-refractivity contribution in [2.24, 2.45) is 0 Å². The number of aliphatic hydroxyl groups excluding tert-OH is 1. The zero-order valence-electron chi connectivity index (χ0n) is 9.79. The van der Waals surface area contributed by atoms with Gasteiger partial charge in [0.25, 0.3) is 0 Å². The van der Waals surface area contributed by atoms with Crippen molar-refractivity contribution in [2.75, 3.05) is 7.11 Å². The molecular weight excluding hydrogens is 240 g/mol. The number of carbonyl (C=O) groups is 2. The van der Waals surface area contributed by atoms with Crippen LogP contribution in [0.25, 0.3) is 0 Å². The molecule has 18 heavy (non-hydrogen) atoms. The summed E-state index contributed by atoms with van der Waals surface area (Å²) >= 11 is 0. The maximum absolute atomic E-state index is 10.7. The average molecular weight is 254 g/mol. The smallest absolute Gasteiger partial charge is 0.337 e. The van der Waals surface area contributed by atoms with Gasteiger partial charge in [0.2, 0.25) is 0 Å². The van der Waals surface area contributed by atoms with Crippen LogP contribution < -0.4 is 4.74 Å². The Morgan fingerprint density at radius 3 is 2.50 bits per heavy atom. The predicted octanol–water partition coefficient (Wildman–Crippen LogP) is 0.830. The van der Waals surface area contributed by atoms with Crippen LogP contribution in [0.3, 0.4) is 0 Å².